The van der Waals surface area contributed by atoms with Gasteiger partial charge in [-0.1, -0.05) is 150 Å². The van der Waals surface area contributed by atoms with Gasteiger partial charge in [-0.25, -0.2) is 0 Å². The second kappa shape index (κ2) is 9.58. The van der Waals surface area contributed by atoms with Crippen LogP contribution in [-0.2, 0) is 5.41 Å². The molecule has 2 aromatic heterocycles. The fourth-order valence-electron chi connectivity index (χ4n) is 10.6. The van der Waals surface area contributed by atoms with Crippen LogP contribution in [0.3, 0.4) is 0 Å². The van der Waals surface area contributed by atoms with Gasteiger partial charge in [-0.15, -0.1) is 11.3 Å². The molecule has 52 heavy (non-hydrogen) atoms. The molecule has 8 aromatic carbocycles. The number of benzene rings is 8. The Hall–Kier alpha value is -6.16. The molecule has 10 aromatic rings. The van der Waals surface area contributed by atoms with Crippen molar-refractivity contribution in [3.05, 3.63) is 192 Å². The third-order valence-corrected chi connectivity index (χ3v) is 13.6. The van der Waals surface area contributed by atoms with Crippen molar-refractivity contribution in [2.45, 2.75) is 5.41 Å². The van der Waals surface area contributed by atoms with E-state index in [0.29, 0.717) is 0 Å². The number of para-hydroxylation sites is 1. The lowest BCUT2D eigenvalue weighted by molar-refractivity contribution is 0.775. The van der Waals surface area contributed by atoms with Crippen molar-refractivity contribution >= 4 is 76.4 Å². The molecular formula is C49H28BNS. The molecule has 0 radical (unpaired) electrons. The molecule has 0 amide bonds. The first-order valence-electron chi connectivity index (χ1n) is 18.2. The smallest absolute Gasteiger partial charge is 0.243 e. The summed E-state index contributed by atoms with van der Waals surface area (Å²) in [5, 5.41) is 5.27. The van der Waals surface area contributed by atoms with E-state index in [-0.39, 0.29) is 12.1 Å². The molecule has 0 saturated heterocycles. The van der Waals surface area contributed by atoms with E-state index in [9.17, 15) is 0 Å². The highest BCUT2D eigenvalue weighted by Crippen LogP contribution is 2.57. The zero-order valence-electron chi connectivity index (χ0n) is 28.1. The maximum Gasteiger partial charge on any atom is 0.243 e. The summed E-state index contributed by atoms with van der Waals surface area (Å²) in [6, 6.07) is 64.6. The highest BCUT2D eigenvalue weighted by Gasteiger charge is 2.54. The molecule has 3 aliphatic rings. The van der Waals surface area contributed by atoms with Gasteiger partial charge in [-0.2, -0.15) is 0 Å². The minimum Gasteiger partial charge on any atom is -0.309 e. The number of fused-ring (bicyclic) bond motifs is 18. The van der Waals surface area contributed by atoms with E-state index in [1.54, 1.807) is 0 Å². The first-order chi connectivity index (χ1) is 25.8. The fraction of sp³-hybridized carbons (Fsp3) is 0.0204. The third kappa shape index (κ3) is 3.15. The summed E-state index contributed by atoms with van der Waals surface area (Å²) in [6.45, 7) is 0.156. The van der Waals surface area contributed by atoms with E-state index in [2.05, 4.69) is 174 Å². The highest BCUT2D eigenvalue weighted by molar-refractivity contribution is 7.25. The Balaban J connectivity index is 1.10. The minimum absolute atomic E-state index is 0.156. The number of hydrogen-bond acceptors (Lipinski definition) is 1. The second-order valence-electron chi connectivity index (χ2n) is 14.7. The van der Waals surface area contributed by atoms with Crippen LogP contribution in [0.1, 0.15) is 22.3 Å². The minimum atomic E-state index is -0.363. The van der Waals surface area contributed by atoms with Gasteiger partial charge < -0.3 is 4.57 Å². The summed E-state index contributed by atoms with van der Waals surface area (Å²) in [5.74, 6) is 0. The molecule has 4 heterocycles. The summed E-state index contributed by atoms with van der Waals surface area (Å²) < 4.78 is 5.20. The predicted molar refractivity (Wildman–Crippen MR) is 221 cm³/mol. The number of hydrogen-bond donors (Lipinski definition) is 0. The predicted octanol–water partition coefficient (Wildman–Crippen LogP) is 10.3. The van der Waals surface area contributed by atoms with E-state index >= 15 is 0 Å². The molecule has 0 unspecified atom stereocenters. The van der Waals surface area contributed by atoms with Crippen molar-refractivity contribution in [1.29, 1.82) is 0 Å². The Labute approximate surface area is 305 Å². The van der Waals surface area contributed by atoms with Crippen LogP contribution >= 0.6 is 11.3 Å². The van der Waals surface area contributed by atoms with Crippen LogP contribution in [0, 0.1) is 0 Å². The number of aromatic nitrogens is 1. The first-order valence-corrected chi connectivity index (χ1v) is 19.0. The van der Waals surface area contributed by atoms with Crippen molar-refractivity contribution in [3.8, 4) is 27.9 Å². The van der Waals surface area contributed by atoms with Crippen LogP contribution in [0.5, 0.6) is 0 Å². The molecule has 0 saturated carbocycles. The Morgan fingerprint density at radius 1 is 0.404 bits per heavy atom. The van der Waals surface area contributed by atoms with Crippen LogP contribution < -0.4 is 16.4 Å². The zero-order valence-corrected chi connectivity index (χ0v) is 28.9. The molecule has 13 rings (SSSR count). The molecule has 0 bridgehead atoms. The van der Waals surface area contributed by atoms with E-state index in [1.807, 2.05) is 11.3 Å². The van der Waals surface area contributed by atoms with Crippen molar-refractivity contribution in [2.75, 3.05) is 0 Å². The number of rotatable bonds is 1. The van der Waals surface area contributed by atoms with Gasteiger partial charge in [0.05, 0.1) is 16.4 Å². The summed E-state index contributed by atoms with van der Waals surface area (Å²) >= 11 is 1.89. The van der Waals surface area contributed by atoms with Crippen molar-refractivity contribution in [1.82, 2.24) is 4.57 Å². The monoisotopic (exact) mass is 673 g/mol. The van der Waals surface area contributed by atoms with Crippen molar-refractivity contribution < 1.29 is 0 Å². The summed E-state index contributed by atoms with van der Waals surface area (Å²) in [5.41, 5.74) is 18.7. The topological polar surface area (TPSA) is 4.93 Å². The van der Waals surface area contributed by atoms with Crippen LogP contribution in [0.2, 0.25) is 0 Å². The van der Waals surface area contributed by atoms with Gasteiger partial charge in [-0.05, 0) is 80.9 Å². The Bertz CT molecular complexity index is 3170. The summed E-state index contributed by atoms with van der Waals surface area (Å²) in [7, 11) is 0. The van der Waals surface area contributed by atoms with Crippen LogP contribution in [0.4, 0.5) is 0 Å². The van der Waals surface area contributed by atoms with Gasteiger partial charge in [0.15, 0.2) is 0 Å². The van der Waals surface area contributed by atoms with Gasteiger partial charge in [0.25, 0.3) is 0 Å². The normalized spacial score (nSPS) is 14.3. The van der Waals surface area contributed by atoms with E-state index in [4.69, 9.17) is 0 Å². The van der Waals surface area contributed by atoms with Crippen LogP contribution in [0.25, 0.3) is 69.9 Å². The van der Waals surface area contributed by atoms with Gasteiger partial charge >= 0.3 is 0 Å². The Morgan fingerprint density at radius 2 is 1.08 bits per heavy atom. The number of thiophene rings is 1. The lowest BCUT2D eigenvalue weighted by atomic mass is 9.32. The summed E-state index contributed by atoms with van der Waals surface area (Å²) in [6.07, 6.45) is 0. The number of nitrogens with zero attached hydrogens (tertiary/aromatic N) is 1. The van der Waals surface area contributed by atoms with Gasteiger partial charge in [0, 0.05) is 36.6 Å². The molecule has 238 valence electrons. The fourth-order valence-corrected chi connectivity index (χ4v) is 11.7. The Morgan fingerprint density at radius 3 is 1.92 bits per heavy atom. The lowest BCUT2D eigenvalue weighted by Gasteiger charge is -2.42. The Kier molecular flexibility index (Phi) is 5.08. The summed E-state index contributed by atoms with van der Waals surface area (Å²) in [4.78, 5) is 0. The third-order valence-electron chi connectivity index (χ3n) is 12.5. The van der Waals surface area contributed by atoms with Crippen LogP contribution in [-0.4, -0.2) is 11.3 Å². The molecular weight excluding hydrogens is 645 g/mol. The van der Waals surface area contributed by atoms with Crippen LogP contribution in [0.15, 0.2) is 170 Å². The maximum absolute atomic E-state index is 2.51. The van der Waals surface area contributed by atoms with Gasteiger partial charge in [0.1, 0.15) is 0 Å². The molecule has 1 aliphatic carbocycles. The first kappa shape index (κ1) is 27.6. The average molecular weight is 674 g/mol. The zero-order chi connectivity index (χ0) is 33.7. The van der Waals surface area contributed by atoms with Gasteiger partial charge in [0.2, 0.25) is 6.71 Å². The van der Waals surface area contributed by atoms with Crippen molar-refractivity contribution in [3.63, 3.8) is 0 Å². The van der Waals surface area contributed by atoms with Crippen molar-refractivity contribution in [2.24, 2.45) is 0 Å². The molecule has 0 N–H and O–H groups in total. The largest absolute Gasteiger partial charge is 0.309 e. The standard InChI is InChI=1S/C49H28BNS/c1-5-17-38-30(12-1)31-13-2-6-18-39(31)49(38)40-19-7-8-21-42(40)50-43-26-29(24-25-32(43)35-16-11-20-41(49)48(35)50)51-44-22-9-3-14-33(44)36-28-47-37(27-45(36)51)34-15-4-10-23-46(34)52-47/h1-28H. The second-order valence-corrected chi connectivity index (χ2v) is 15.8. The lowest BCUT2D eigenvalue weighted by Crippen LogP contribution is -2.59. The molecule has 0 atom stereocenters. The van der Waals surface area contributed by atoms with Gasteiger partial charge in [-0.3, -0.25) is 0 Å². The molecule has 1 spiro atoms. The maximum atomic E-state index is 2.51. The molecule has 3 heteroatoms. The molecule has 0 fully saturated rings. The van der Waals surface area contributed by atoms with E-state index in [1.165, 1.54) is 109 Å². The quantitative estimate of drug-likeness (QED) is 0.153. The van der Waals surface area contributed by atoms with E-state index < -0.39 is 0 Å². The average Bonchev–Trinajstić information content (AvgIpc) is 3.92. The SMILES string of the molecule is c1ccc2c(c1)B1c3cc(-n4c5ccccc5c5cc6sc7ccccc7c6cc54)ccc3-c3cccc(c31)C21c2ccccc2-c2ccccc21. The highest BCUT2D eigenvalue weighted by atomic mass is 32.1. The molecule has 2 aliphatic heterocycles. The van der Waals surface area contributed by atoms with E-state index in [0.717, 1.165) is 0 Å². The molecule has 1 nitrogen and oxygen atoms in total.